The predicted octanol–water partition coefficient (Wildman–Crippen LogP) is 3.06. The van der Waals surface area contributed by atoms with E-state index < -0.39 is 0 Å². The third kappa shape index (κ3) is 2.52. The van der Waals surface area contributed by atoms with E-state index in [0.29, 0.717) is 17.6 Å². The second kappa shape index (κ2) is 5.55. The van der Waals surface area contributed by atoms with E-state index in [1.54, 1.807) is 12.4 Å². The molecule has 3 heterocycles. The molecule has 0 bridgehead atoms. The van der Waals surface area contributed by atoms with Crippen LogP contribution in [0.4, 0.5) is 5.82 Å². The quantitative estimate of drug-likeness (QED) is 0.721. The molecule has 4 rings (SSSR count). The van der Waals surface area contributed by atoms with Gasteiger partial charge in [-0.3, -0.25) is 0 Å². The molecule has 0 spiro atoms. The Morgan fingerprint density at radius 2 is 1.84 bits per heavy atom. The molecule has 0 aliphatic carbocycles. The Morgan fingerprint density at radius 3 is 2.56 bits per heavy atom. The number of rotatable bonds is 2. The van der Waals surface area contributed by atoms with Crippen molar-refractivity contribution in [2.45, 2.75) is 32.2 Å². The van der Waals surface area contributed by atoms with Crippen LogP contribution in [0.15, 0.2) is 36.7 Å². The molecule has 6 nitrogen and oxygen atoms in total. The van der Waals surface area contributed by atoms with Crippen molar-refractivity contribution in [2.75, 3.05) is 18.0 Å². The fraction of sp³-hybridized carbons (Fsp3) is 0.368. The Labute approximate surface area is 146 Å². The van der Waals surface area contributed by atoms with E-state index in [9.17, 15) is 5.26 Å². The third-order valence-corrected chi connectivity index (χ3v) is 4.58. The summed E-state index contributed by atoms with van der Waals surface area (Å²) in [7, 11) is 0. The van der Waals surface area contributed by atoms with Crippen molar-refractivity contribution >= 4 is 16.9 Å². The minimum Gasteiger partial charge on any atom is -0.350 e. The van der Waals surface area contributed by atoms with Crippen LogP contribution in [0.1, 0.15) is 38.3 Å². The molecule has 1 fully saturated rings. The molecule has 0 saturated carbocycles. The molecule has 0 radical (unpaired) electrons. The van der Waals surface area contributed by atoms with Gasteiger partial charge >= 0.3 is 0 Å². The van der Waals surface area contributed by atoms with Crippen molar-refractivity contribution in [2.24, 2.45) is 0 Å². The van der Waals surface area contributed by atoms with Crippen molar-refractivity contribution < 1.29 is 0 Å². The second-order valence-electron chi connectivity index (χ2n) is 7.44. The summed E-state index contributed by atoms with van der Waals surface area (Å²) < 4.78 is 2.36. The Bertz CT molecular complexity index is 969. The minimum absolute atomic E-state index is 0.0379. The predicted molar refractivity (Wildman–Crippen MR) is 96.4 cm³/mol. The fourth-order valence-electron chi connectivity index (χ4n) is 3.38. The monoisotopic (exact) mass is 332 g/mol. The van der Waals surface area contributed by atoms with Gasteiger partial charge in [0.15, 0.2) is 11.5 Å². The van der Waals surface area contributed by atoms with E-state index in [1.807, 2.05) is 6.07 Å². The number of anilines is 1. The Balaban J connectivity index is 1.70. The highest BCUT2D eigenvalue weighted by molar-refractivity contribution is 5.76. The van der Waals surface area contributed by atoms with E-state index in [-0.39, 0.29) is 5.41 Å². The molecular weight excluding hydrogens is 312 g/mol. The number of nitrogens with zero attached hydrogens (tertiary/aromatic N) is 6. The van der Waals surface area contributed by atoms with Crippen LogP contribution in [0.3, 0.4) is 0 Å². The van der Waals surface area contributed by atoms with Crippen LogP contribution < -0.4 is 4.90 Å². The first-order valence-corrected chi connectivity index (χ1v) is 8.42. The van der Waals surface area contributed by atoms with Crippen LogP contribution in [-0.4, -0.2) is 32.6 Å². The lowest BCUT2D eigenvalue weighted by Gasteiger charge is -2.42. The molecule has 0 atom stereocenters. The summed E-state index contributed by atoms with van der Waals surface area (Å²) in [5, 5.41) is 9.23. The highest BCUT2D eigenvalue weighted by Crippen LogP contribution is 2.35. The molecule has 0 N–H and O–H groups in total. The van der Waals surface area contributed by atoms with Crippen LogP contribution in [0.5, 0.6) is 0 Å². The zero-order valence-corrected chi connectivity index (χ0v) is 14.6. The molecule has 0 unspecified atom stereocenters. The maximum Gasteiger partial charge on any atom is 0.183 e. The third-order valence-electron chi connectivity index (χ3n) is 4.58. The van der Waals surface area contributed by atoms with Crippen molar-refractivity contribution in [3.63, 3.8) is 0 Å². The van der Waals surface area contributed by atoms with Gasteiger partial charge in [-0.2, -0.15) is 5.26 Å². The molecule has 1 aliphatic rings. The summed E-state index contributed by atoms with van der Waals surface area (Å²) >= 11 is 0. The van der Waals surface area contributed by atoms with Gasteiger partial charge in [0.1, 0.15) is 11.9 Å². The molecule has 1 aromatic carbocycles. The molecule has 0 amide bonds. The van der Waals surface area contributed by atoms with Crippen LogP contribution in [-0.2, 0) is 5.41 Å². The van der Waals surface area contributed by atoms with Gasteiger partial charge in [-0.05, 0) is 12.1 Å². The smallest absolute Gasteiger partial charge is 0.183 e. The zero-order valence-electron chi connectivity index (χ0n) is 14.6. The number of para-hydroxylation sites is 2. The normalized spacial score (nSPS) is 15.2. The van der Waals surface area contributed by atoms with Gasteiger partial charge in [-0.1, -0.05) is 32.9 Å². The lowest BCUT2D eigenvalue weighted by Crippen LogP contribution is -2.49. The molecule has 25 heavy (non-hydrogen) atoms. The number of imidazole rings is 1. The summed E-state index contributed by atoms with van der Waals surface area (Å²) in [4.78, 5) is 15.4. The average molecular weight is 332 g/mol. The SMILES string of the molecule is CC(C)(C)c1nc2ccccc2n1C1CN(c2nccnc2C#N)C1. The average Bonchev–Trinajstić information content (AvgIpc) is 2.94. The summed E-state index contributed by atoms with van der Waals surface area (Å²) in [5.41, 5.74) is 2.54. The van der Waals surface area contributed by atoms with Gasteiger partial charge in [0.25, 0.3) is 0 Å². The summed E-state index contributed by atoms with van der Waals surface area (Å²) in [6, 6.07) is 10.7. The fourth-order valence-corrected chi connectivity index (χ4v) is 3.38. The first-order chi connectivity index (χ1) is 12.0. The summed E-state index contributed by atoms with van der Waals surface area (Å²) in [5.74, 6) is 1.76. The lowest BCUT2D eigenvalue weighted by molar-refractivity contribution is 0.371. The highest BCUT2D eigenvalue weighted by atomic mass is 15.3. The minimum atomic E-state index is -0.0379. The Morgan fingerprint density at radius 1 is 1.12 bits per heavy atom. The molecule has 2 aromatic heterocycles. The molecular formula is C19H20N6. The number of nitriles is 1. The van der Waals surface area contributed by atoms with Crippen LogP contribution in [0.2, 0.25) is 0 Å². The van der Waals surface area contributed by atoms with E-state index in [2.05, 4.69) is 64.5 Å². The van der Waals surface area contributed by atoms with E-state index in [4.69, 9.17) is 4.98 Å². The molecule has 3 aromatic rings. The number of hydrogen-bond donors (Lipinski definition) is 0. The van der Waals surface area contributed by atoms with Crippen molar-refractivity contribution in [1.82, 2.24) is 19.5 Å². The van der Waals surface area contributed by atoms with Gasteiger partial charge in [0, 0.05) is 30.9 Å². The van der Waals surface area contributed by atoms with Crippen LogP contribution >= 0.6 is 0 Å². The van der Waals surface area contributed by atoms with Crippen LogP contribution in [0, 0.1) is 11.3 Å². The van der Waals surface area contributed by atoms with Crippen molar-refractivity contribution in [3.8, 4) is 6.07 Å². The van der Waals surface area contributed by atoms with E-state index in [1.165, 1.54) is 0 Å². The largest absolute Gasteiger partial charge is 0.350 e. The van der Waals surface area contributed by atoms with Gasteiger partial charge in [0.05, 0.1) is 17.1 Å². The zero-order chi connectivity index (χ0) is 17.6. The number of benzene rings is 1. The first kappa shape index (κ1) is 15.6. The van der Waals surface area contributed by atoms with Crippen molar-refractivity contribution in [3.05, 3.63) is 48.2 Å². The summed E-state index contributed by atoms with van der Waals surface area (Å²) in [6.07, 6.45) is 3.19. The van der Waals surface area contributed by atoms with Crippen LogP contribution in [0.25, 0.3) is 11.0 Å². The molecule has 1 aliphatic heterocycles. The Hall–Kier alpha value is -2.94. The topological polar surface area (TPSA) is 70.6 Å². The van der Waals surface area contributed by atoms with Gasteiger partial charge in [-0.15, -0.1) is 0 Å². The van der Waals surface area contributed by atoms with Gasteiger partial charge in [-0.25, -0.2) is 15.0 Å². The van der Waals surface area contributed by atoms with Gasteiger partial charge in [0.2, 0.25) is 0 Å². The lowest BCUT2D eigenvalue weighted by atomic mass is 9.94. The highest BCUT2D eigenvalue weighted by Gasteiger charge is 2.35. The molecule has 6 heteroatoms. The van der Waals surface area contributed by atoms with E-state index in [0.717, 1.165) is 29.9 Å². The summed E-state index contributed by atoms with van der Waals surface area (Å²) in [6.45, 7) is 8.18. The number of aromatic nitrogens is 4. The Kier molecular flexibility index (Phi) is 3.46. The van der Waals surface area contributed by atoms with Gasteiger partial charge < -0.3 is 9.47 Å². The maximum absolute atomic E-state index is 9.23. The second-order valence-corrected chi connectivity index (χ2v) is 7.44. The standard InChI is InChI=1S/C19H20N6/c1-19(2,3)18-23-14-6-4-5-7-16(14)25(18)13-11-24(12-13)17-15(10-20)21-8-9-22-17/h4-9,13H,11-12H2,1-3H3. The van der Waals surface area contributed by atoms with Crippen molar-refractivity contribution in [1.29, 1.82) is 5.26 Å². The van der Waals surface area contributed by atoms with E-state index >= 15 is 0 Å². The molecule has 1 saturated heterocycles. The maximum atomic E-state index is 9.23. The number of hydrogen-bond acceptors (Lipinski definition) is 5. The first-order valence-electron chi connectivity index (χ1n) is 8.42. The number of fused-ring (bicyclic) bond motifs is 1. The molecule has 126 valence electrons.